The first-order valence-electron chi connectivity index (χ1n) is 6.32. The fraction of sp³-hybridized carbons (Fsp3) is 0.417. The van der Waals surface area contributed by atoms with Crippen molar-refractivity contribution >= 4 is 23.2 Å². The van der Waals surface area contributed by atoms with Crippen LogP contribution in [-0.4, -0.2) is 45.2 Å². The Morgan fingerprint density at radius 2 is 2.29 bits per heavy atom. The van der Waals surface area contributed by atoms with Crippen molar-refractivity contribution in [2.45, 2.75) is 13.8 Å². The number of nitrogens with zero attached hydrogens (tertiary/aromatic N) is 4. The average molecular weight is 309 g/mol. The van der Waals surface area contributed by atoms with Crippen LogP contribution in [0.25, 0.3) is 5.69 Å². The van der Waals surface area contributed by atoms with Gasteiger partial charge in [-0.15, -0.1) is 16.4 Å². The van der Waals surface area contributed by atoms with E-state index < -0.39 is 5.97 Å². The number of hydrogen-bond donors (Lipinski definition) is 1. The second kappa shape index (κ2) is 6.93. The lowest BCUT2D eigenvalue weighted by Crippen LogP contribution is -2.31. The number of rotatable bonds is 6. The molecule has 0 spiro atoms. The van der Waals surface area contributed by atoms with Crippen molar-refractivity contribution < 1.29 is 14.3 Å². The fourth-order valence-electron chi connectivity index (χ4n) is 1.47. The minimum Gasteiger partial charge on any atom is -0.451 e. The van der Waals surface area contributed by atoms with Crippen LogP contribution in [0.5, 0.6) is 0 Å². The molecule has 0 aliphatic carbocycles. The monoisotopic (exact) mass is 309 g/mol. The maximum Gasteiger partial charge on any atom is 0.351 e. The summed E-state index contributed by atoms with van der Waals surface area (Å²) in [4.78, 5) is 23.8. The van der Waals surface area contributed by atoms with Crippen molar-refractivity contribution in [3.8, 4) is 5.69 Å². The number of carbonyl (C=O) groups is 2. The van der Waals surface area contributed by atoms with Gasteiger partial charge in [-0.2, -0.15) is 4.68 Å². The molecule has 21 heavy (non-hydrogen) atoms. The van der Waals surface area contributed by atoms with Crippen LogP contribution in [-0.2, 0) is 9.53 Å². The van der Waals surface area contributed by atoms with Gasteiger partial charge < -0.3 is 10.1 Å². The number of esters is 1. The van der Waals surface area contributed by atoms with E-state index in [1.807, 2.05) is 13.8 Å². The SMILES string of the molecule is CC(C)CNC(=O)COC(=O)c1sccc1-n1cnnn1. The summed E-state index contributed by atoms with van der Waals surface area (Å²) in [6, 6.07) is 1.70. The molecule has 0 bridgehead atoms. The minimum absolute atomic E-state index is 0.307. The summed E-state index contributed by atoms with van der Waals surface area (Å²) >= 11 is 1.20. The number of ether oxygens (including phenoxy) is 1. The van der Waals surface area contributed by atoms with Crippen LogP contribution in [0.3, 0.4) is 0 Å². The Labute approximate surface area is 125 Å². The van der Waals surface area contributed by atoms with Gasteiger partial charge in [0.1, 0.15) is 11.2 Å². The van der Waals surface area contributed by atoms with Crippen molar-refractivity contribution in [2.24, 2.45) is 5.92 Å². The summed E-state index contributed by atoms with van der Waals surface area (Å²) in [6.07, 6.45) is 1.38. The van der Waals surface area contributed by atoms with E-state index in [0.717, 1.165) is 0 Å². The summed E-state index contributed by atoms with van der Waals surface area (Å²) in [7, 11) is 0. The van der Waals surface area contributed by atoms with Gasteiger partial charge in [-0.05, 0) is 27.8 Å². The van der Waals surface area contributed by atoms with E-state index in [0.29, 0.717) is 23.0 Å². The Hall–Kier alpha value is -2.29. The van der Waals surface area contributed by atoms with Gasteiger partial charge in [0, 0.05) is 6.54 Å². The number of amides is 1. The number of hydrogen-bond acceptors (Lipinski definition) is 7. The molecule has 2 rings (SSSR count). The predicted molar refractivity (Wildman–Crippen MR) is 75.2 cm³/mol. The summed E-state index contributed by atoms with van der Waals surface area (Å²) in [6.45, 7) is 4.20. The van der Waals surface area contributed by atoms with Gasteiger partial charge in [-0.1, -0.05) is 13.8 Å². The van der Waals surface area contributed by atoms with Crippen LogP contribution in [0.15, 0.2) is 17.8 Å². The molecule has 0 radical (unpaired) electrons. The molecule has 8 nitrogen and oxygen atoms in total. The molecular formula is C12H15N5O3S. The topological polar surface area (TPSA) is 99.0 Å². The summed E-state index contributed by atoms with van der Waals surface area (Å²) in [5.74, 6) is -0.554. The Morgan fingerprint density at radius 1 is 1.48 bits per heavy atom. The van der Waals surface area contributed by atoms with Gasteiger partial charge in [0.05, 0.1) is 5.69 Å². The average Bonchev–Trinajstić information content (AvgIpc) is 3.11. The van der Waals surface area contributed by atoms with Crippen molar-refractivity contribution in [3.63, 3.8) is 0 Å². The first kappa shape index (κ1) is 15.1. The molecule has 0 saturated heterocycles. The van der Waals surface area contributed by atoms with Crippen LogP contribution >= 0.6 is 11.3 Å². The van der Waals surface area contributed by atoms with Gasteiger partial charge in [0.2, 0.25) is 0 Å². The van der Waals surface area contributed by atoms with Crippen molar-refractivity contribution in [1.29, 1.82) is 0 Å². The maximum atomic E-state index is 12.0. The first-order valence-corrected chi connectivity index (χ1v) is 7.20. The first-order chi connectivity index (χ1) is 10.1. The lowest BCUT2D eigenvalue weighted by molar-refractivity contribution is -0.124. The van der Waals surface area contributed by atoms with E-state index in [1.165, 1.54) is 22.3 Å². The van der Waals surface area contributed by atoms with Crippen LogP contribution in [0.4, 0.5) is 0 Å². The Bertz CT molecular complexity index is 608. The van der Waals surface area contributed by atoms with Gasteiger partial charge in [-0.25, -0.2) is 4.79 Å². The lowest BCUT2D eigenvalue weighted by Gasteiger charge is -2.08. The van der Waals surface area contributed by atoms with Gasteiger partial charge >= 0.3 is 5.97 Å². The standard InChI is InChI=1S/C12H15N5O3S/c1-8(2)5-13-10(18)6-20-12(19)11-9(3-4-21-11)17-7-14-15-16-17/h3-4,7-8H,5-6H2,1-2H3,(H,13,18). The Kier molecular flexibility index (Phi) is 4.99. The van der Waals surface area contributed by atoms with E-state index in [4.69, 9.17) is 4.74 Å². The summed E-state index contributed by atoms with van der Waals surface area (Å²) in [5, 5.41) is 15.2. The van der Waals surface area contributed by atoms with Crippen molar-refractivity contribution in [3.05, 3.63) is 22.7 Å². The molecular weight excluding hydrogens is 294 g/mol. The second-order valence-electron chi connectivity index (χ2n) is 4.66. The third-order valence-corrected chi connectivity index (χ3v) is 3.35. The van der Waals surface area contributed by atoms with E-state index in [-0.39, 0.29) is 12.5 Å². The highest BCUT2D eigenvalue weighted by molar-refractivity contribution is 7.12. The number of aromatic nitrogens is 4. The maximum absolute atomic E-state index is 12.0. The predicted octanol–water partition coefficient (Wildman–Crippen LogP) is 0.653. The van der Waals surface area contributed by atoms with Crippen LogP contribution in [0, 0.1) is 5.92 Å². The highest BCUT2D eigenvalue weighted by Gasteiger charge is 2.18. The smallest absolute Gasteiger partial charge is 0.351 e. The third-order valence-electron chi connectivity index (χ3n) is 2.47. The molecule has 2 aromatic heterocycles. The number of carbonyl (C=O) groups excluding carboxylic acids is 2. The molecule has 0 aromatic carbocycles. The fourth-order valence-corrected chi connectivity index (χ4v) is 2.24. The lowest BCUT2D eigenvalue weighted by atomic mass is 10.2. The largest absolute Gasteiger partial charge is 0.451 e. The van der Waals surface area contributed by atoms with Crippen LogP contribution < -0.4 is 5.32 Å². The molecule has 112 valence electrons. The molecule has 2 heterocycles. The van der Waals surface area contributed by atoms with E-state index in [2.05, 4.69) is 20.8 Å². The molecule has 0 saturated carbocycles. The van der Waals surface area contributed by atoms with Crippen LogP contribution in [0.2, 0.25) is 0 Å². The normalized spacial score (nSPS) is 10.6. The zero-order valence-electron chi connectivity index (χ0n) is 11.6. The second-order valence-corrected chi connectivity index (χ2v) is 5.58. The molecule has 2 aromatic rings. The highest BCUT2D eigenvalue weighted by atomic mass is 32.1. The van der Waals surface area contributed by atoms with Gasteiger partial charge in [-0.3, -0.25) is 4.79 Å². The Balaban J connectivity index is 1.93. The van der Waals surface area contributed by atoms with Gasteiger partial charge in [0.25, 0.3) is 5.91 Å². The zero-order chi connectivity index (χ0) is 15.2. The van der Waals surface area contributed by atoms with Crippen LogP contribution in [0.1, 0.15) is 23.5 Å². The Morgan fingerprint density at radius 3 is 2.95 bits per heavy atom. The third kappa shape index (κ3) is 4.09. The minimum atomic E-state index is -0.574. The molecule has 0 unspecified atom stereocenters. The van der Waals surface area contributed by atoms with Crippen molar-refractivity contribution in [1.82, 2.24) is 25.5 Å². The van der Waals surface area contributed by atoms with Crippen molar-refractivity contribution in [2.75, 3.05) is 13.2 Å². The number of tetrazole rings is 1. The number of thiophene rings is 1. The molecule has 9 heteroatoms. The molecule has 0 atom stereocenters. The van der Waals surface area contributed by atoms with E-state index in [9.17, 15) is 9.59 Å². The summed E-state index contributed by atoms with van der Waals surface area (Å²) < 4.78 is 6.36. The molecule has 0 aliphatic rings. The van der Waals surface area contributed by atoms with E-state index >= 15 is 0 Å². The molecule has 0 aliphatic heterocycles. The quantitative estimate of drug-likeness (QED) is 0.787. The highest BCUT2D eigenvalue weighted by Crippen LogP contribution is 2.20. The molecule has 1 N–H and O–H groups in total. The number of nitrogens with one attached hydrogen (secondary N) is 1. The molecule has 1 amide bonds. The summed E-state index contributed by atoms with van der Waals surface area (Å²) in [5.41, 5.74) is 0.526. The molecule has 0 fully saturated rings. The van der Waals surface area contributed by atoms with E-state index in [1.54, 1.807) is 11.4 Å². The zero-order valence-corrected chi connectivity index (χ0v) is 12.5. The van der Waals surface area contributed by atoms with Gasteiger partial charge in [0.15, 0.2) is 6.61 Å².